The molecule has 9 nitrogen and oxygen atoms in total. The van der Waals surface area contributed by atoms with Crippen molar-refractivity contribution in [1.82, 2.24) is 15.4 Å². The highest BCUT2D eigenvalue weighted by atomic mass is 19.1. The number of aromatic nitrogens is 1. The maximum atomic E-state index is 15.5. The summed E-state index contributed by atoms with van der Waals surface area (Å²) >= 11 is 0. The molecule has 4 aliphatic rings. The van der Waals surface area contributed by atoms with Gasteiger partial charge in [-0.2, -0.15) is 0 Å². The average molecular weight is 714 g/mol. The second-order valence-corrected chi connectivity index (χ2v) is 15.6. The molecule has 2 saturated carbocycles. The van der Waals surface area contributed by atoms with Gasteiger partial charge in [0.2, 0.25) is 11.8 Å². The summed E-state index contributed by atoms with van der Waals surface area (Å²) in [4.78, 5) is 45.4. The van der Waals surface area contributed by atoms with Crippen molar-refractivity contribution >= 4 is 29.1 Å². The normalized spacial score (nSPS) is 22.0. The Labute approximate surface area is 309 Å². The first kappa shape index (κ1) is 34.8. The van der Waals surface area contributed by atoms with Crippen LogP contribution in [0.2, 0.25) is 0 Å². The van der Waals surface area contributed by atoms with Crippen LogP contribution in [0.4, 0.5) is 15.8 Å². The molecule has 1 N–H and O–H groups in total. The number of fused-ring (bicyclic) bond motifs is 1. The SMILES string of the molecule is [C-]#[N+]C1(c2ccc(N(CC3CCC(Cc4cc5c(cc4F)CN(C4CCC(=O)NC4=O)C5=O)CC3)c3cc(-c4c(C)noc4C)ccc3C)cc2)CC1. The summed E-state index contributed by atoms with van der Waals surface area (Å²) in [6.45, 7) is 14.8. The zero-order valence-electron chi connectivity index (χ0n) is 30.5. The Balaban J connectivity index is 0.987. The van der Waals surface area contributed by atoms with Crippen LogP contribution in [0.3, 0.4) is 0 Å². The van der Waals surface area contributed by atoms with Crippen LogP contribution < -0.4 is 10.2 Å². The number of nitrogens with one attached hydrogen (secondary N) is 1. The average Bonchev–Trinajstić information content (AvgIpc) is 3.80. The van der Waals surface area contributed by atoms with Crippen molar-refractivity contribution < 1.29 is 23.3 Å². The molecule has 4 aromatic rings. The van der Waals surface area contributed by atoms with Gasteiger partial charge < -0.3 is 19.2 Å². The number of carbonyl (C=O) groups excluding carboxylic acids is 3. The molecule has 3 fully saturated rings. The zero-order chi connectivity index (χ0) is 37.0. The van der Waals surface area contributed by atoms with Gasteiger partial charge in [-0.15, -0.1) is 0 Å². The number of aryl methyl sites for hydroxylation is 3. The quantitative estimate of drug-likeness (QED) is 0.139. The van der Waals surface area contributed by atoms with Crippen LogP contribution in [0.25, 0.3) is 16.0 Å². The van der Waals surface area contributed by atoms with E-state index in [-0.39, 0.29) is 42.6 Å². The summed E-state index contributed by atoms with van der Waals surface area (Å²) in [6, 6.07) is 17.5. The van der Waals surface area contributed by atoms with Crippen LogP contribution in [0.5, 0.6) is 0 Å². The maximum absolute atomic E-state index is 15.5. The fourth-order valence-electron chi connectivity index (χ4n) is 8.80. The molecule has 0 bridgehead atoms. The highest BCUT2D eigenvalue weighted by molar-refractivity contribution is 6.05. The third kappa shape index (κ3) is 6.51. The monoisotopic (exact) mass is 713 g/mol. The minimum Gasteiger partial charge on any atom is -0.361 e. The number of halogens is 1. The van der Waals surface area contributed by atoms with Gasteiger partial charge >= 0.3 is 0 Å². The van der Waals surface area contributed by atoms with Gasteiger partial charge in [-0.25, -0.2) is 11.0 Å². The molecule has 1 atom stereocenters. The Hall–Kier alpha value is -5.30. The van der Waals surface area contributed by atoms with E-state index in [2.05, 4.69) is 69.6 Å². The van der Waals surface area contributed by atoms with Crippen LogP contribution in [0.1, 0.15) is 95.4 Å². The van der Waals surface area contributed by atoms with Gasteiger partial charge in [0.1, 0.15) is 17.6 Å². The minimum absolute atomic E-state index is 0.170. The molecule has 10 heteroatoms. The van der Waals surface area contributed by atoms with Crippen LogP contribution in [-0.4, -0.2) is 40.4 Å². The van der Waals surface area contributed by atoms with E-state index in [1.807, 2.05) is 13.8 Å². The van der Waals surface area contributed by atoms with Crippen molar-refractivity contribution in [3.8, 4) is 11.1 Å². The fraction of sp³-hybridized carbons (Fsp3) is 0.419. The van der Waals surface area contributed by atoms with Crippen molar-refractivity contribution in [1.29, 1.82) is 0 Å². The highest BCUT2D eigenvalue weighted by Crippen LogP contribution is 2.50. The molecule has 3 amide bonds. The molecule has 3 aromatic carbocycles. The fourth-order valence-corrected chi connectivity index (χ4v) is 8.80. The van der Waals surface area contributed by atoms with E-state index >= 15 is 4.39 Å². The van der Waals surface area contributed by atoms with Gasteiger partial charge in [0.25, 0.3) is 11.4 Å². The predicted molar refractivity (Wildman–Crippen MR) is 199 cm³/mol. The van der Waals surface area contributed by atoms with E-state index in [0.29, 0.717) is 34.9 Å². The molecule has 2 aliphatic heterocycles. The zero-order valence-corrected chi connectivity index (χ0v) is 30.5. The number of hydrogen-bond acceptors (Lipinski definition) is 6. The molecular weight excluding hydrogens is 670 g/mol. The van der Waals surface area contributed by atoms with E-state index in [9.17, 15) is 14.4 Å². The van der Waals surface area contributed by atoms with E-state index in [4.69, 9.17) is 11.1 Å². The molecule has 2 aliphatic carbocycles. The lowest BCUT2D eigenvalue weighted by atomic mass is 9.78. The number of hydrogen-bond donors (Lipinski definition) is 1. The van der Waals surface area contributed by atoms with Gasteiger partial charge in [-0.1, -0.05) is 17.3 Å². The van der Waals surface area contributed by atoms with E-state index in [1.54, 1.807) is 6.07 Å². The Morgan fingerprint density at radius 1 is 0.981 bits per heavy atom. The third-order valence-corrected chi connectivity index (χ3v) is 12.1. The number of rotatable bonds is 9. The van der Waals surface area contributed by atoms with Crippen LogP contribution in [0.15, 0.2) is 59.1 Å². The summed E-state index contributed by atoms with van der Waals surface area (Å²) in [6.07, 6.45) is 6.74. The van der Waals surface area contributed by atoms with Gasteiger partial charge in [0.05, 0.1) is 5.69 Å². The molecule has 1 unspecified atom stereocenters. The number of benzene rings is 3. The van der Waals surface area contributed by atoms with Crippen LogP contribution in [0, 0.1) is 45.0 Å². The standard InChI is InChI=1S/C43H44FN5O4/c1-25-5-10-30(40-26(2)47-53-27(40)3)22-38(25)48(34-13-11-33(12-14-34)43(45-4)17-18-43)23-29-8-6-28(7-9-29)19-31-20-35-32(21-36(31)44)24-49(42(35)52)37-15-16-39(50)46-41(37)51/h5,10-14,20-22,28-29,37H,6-9,15-19,23-24H2,1-3H3,(H,46,50,51). The van der Waals surface area contributed by atoms with Gasteiger partial charge in [0, 0.05) is 60.4 Å². The number of anilines is 2. The second-order valence-electron chi connectivity index (χ2n) is 15.6. The third-order valence-electron chi connectivity index (χ3n) is 12.1. The number of imide groups is 1. The number of piperidine rings is 1. The Kier molecular flexibility index (Phi) is 8.92. The molecular formula is C43H44FN5O4. The molecule has 3 heterocycles. The first-order valence-corrected chi connectivity index (χ1v) is 18.8. The Morgan fingerprint density at radius 3 is 2.38 bits per heavy atom. The molecule has 53 heavy (non-hydrogen) atoms. The molecule has 1 saturated heterocycles. The lowest BCUT2D eigenvalue weighted by molar-refractivity contribution is -0.136. The van der Waals surface area contributed by atoms with E-state index < -0.39 is 11.9 Å². The van der Waals surface area contributed by atoms with Crippen LogP contribution in [-0.2, 0) is 28.1 Å². The molecule has 1 aromatic heterocycles. The number of amides is 3. The predicted octanol–water partition coefficient (Wildman–Crippen LogP) is 8.26. The maximum Gasteiger partial charge on any atom is 0.258 e. The summed E-state index contributed by atoms with van der Waals surface area (Å²) in [5, 5.41) is 6.53. The summed E-state index contributed by atoms with van der Waals surface area (Å²) < 4.78 is 21.0. The molecule has 8 rings (SSSR count). The highest BCUT2D eigenvalue weighted by Gasteiger charge is 2.52. The smallest absolute Gasteiger partial charge is 0.258 e. The first-order chi connectivity index (χ1) is 25.5. The second kappa shape index (κ2) is 13.6. The summed E-state index contributed by atoms with van der Waals surface area (Å²) in [5.41, 5.74) is 8.63. The van der Waals surface area contributed by atoms with E-state index in [0.717, 1.165) is 90.2 Å². The van der Waals surface area contributed by atoms with Crippen molar-refractivity contribution in [3.05, 3.63) is 111 Å². The van der Waals surface area contributed by atoms with Gasteiger partial charge in [0.15, 0.2) is 0 Å². The minimum atomic E-state index is -0.720. The molecule has 0 spiro atoms. The lowest BCUT2D eigenvalue weighted by Gasteiger charge is -2.35. The van der Waals surface area contributed by atoms with Crippen molar-refractivity contribution in [2.24, 2.45) is 11.8 Å². The number of carbonyl (C=O) groups is 3. The van der Waals surface area contributed by atoms with Gasteiger partial charge in [-0.05, 0) is 136 Å². The van der Waals surface area contributed by atoms with Crippen molar-refractivity contribution in [2.45, 2.75) is 96.7 Å². The van der Waals surface area contributed by atoms with Crippen LogP contribution >= 0.6 is 0 Å². The largest absolute Gasteiger partial charge is 0.361 e. The Bertz CT molecular complexity index is 2140. The lowest BCUT2D eigenvalue weighted by Crippen LogP contribution is -2.52. The van der Waals surface area contributed by atoms with Crippen molar-refractivity contribution in [2.75, 3.05) is 11.4 Å². The Morgan fingerprint density at radius 2 is 1.72 bits per heavy atom. The molecule has 0 radical (unpaired) electrons. The number of nitrogens with zero attached hydrogens (tertiary/aromatic N) is 4. The van der Waals surface area contributed by atoms with Gasteiger partial charge in [-0.3, -0.25) is 19.7 Å². The van der Waals surface area contributed by atoms with Crippen molar-refractivity contribution in [3.63, 3.8) is 0 Å². The first-order valence-electron chi connectivity index (χ1n) is 18.8. The molecule has 272 valence electrons. The summed E-state index contributed by atoms with van der Waals surface area (Å²) in [7, 11) is 0. The topological polar surface area (TPSA) is 100 Å². The summed E-state index contributed by atoms with van der Waals surface area (Å²) in [5.74, 6) is 0.117. The van der Waals surface area contributed by atoms with E-state index in [1.165, 1.54) is 11.0 Å².